The van der Waals surface area contributed by atoms with Gasteiger partial charge in [0.15, 0.2) is 0 Å². The maximum absolute atomic E-state index is 10.6. The van der Waals surface area contributed by atoms with Gasteiger partial charge in [-0.1, -0.05) is 20.3 Å². The lowest BCUT2D eigenvalue weighted by atomic mass is 10.1. The van der Waals surface area contributed by atoms with Crippen LogP contribution in [0.25, 0.3) is 5.53 Å². The molecule has 0 spiro atoms. The molecule has 0 N–H and O–H groups in total. The van der Waals surface area contributed by atoms with Gasteiger partial charge in [-0.05, 0) is 12.3 Å². The number of rotatable bonds is 5. The van der Waals surface area contributed by atoms with Crippen molar-refractivity contribution >= 4 is 12.2 Å². The first kappa shape index (κ1) is 10.8. The van der Waals surface area contributed by atoms with Crippen LogP contribution in [0.3, 0.4) is 0 Å². The van der Waals surface area contributed by atoms with Gasteiger partial charge < -0.3 is 10.3 Å². The van der Waals surface area contributed by atoms with Crippen LogP contribution in [-0.2, 0) is 9.53 Å². The molecule has 0 aromatic carbocycles. The topological polar surface area (TPSA) is 62.7 Å². The second-order valence-electron chi connectivity index (χ2n) is 2.77. The van der Waals surface area contributed by atoms with E-state index in [4.69, 9.17) is 10.3 Å². The number of hydrogen-bond acceptors (Lipinski definition) is 2. The zero-order valence-electron chi connectivity index (χ0n) is 7.49. The lowest BCUT2D eigenvalue weighted by Gasteiger charge is -2.07. The molecule has 1 unspecified atom stereocenters. The van der Waals surface area contributed by atoms with E-state index in [2.05, 4.69) is 11.7 Å². The van der Waals surface area contributed by atoms with Gasteiger partial charge in [0.05, 0.1) is 6.61 Å². The van der Waals surface area contributed by atoms with Crippen molar-refractivity contribution in [3.05, 3.63) is 5.53 Å². The third kappa shape index (κ3) is 5.62. The molecule has 0 fully saturated rings. The first-order chi connectivity index (χ1) is 5.70. The maximum atomic E-state index is 10.6. The van der Waals surface area contributed by atoms with Crippen LogP contribution >= 0.6 is 0 Å². The quantitative estimate of drug-likeness (QED) is 0.270. The summed E-state index contributed by atoms with van der Waals surface area (Å²) >= 11 is 0. The molecule has 0 saturated heterocycles. The van der Waals surface area contributed by atoms with E-state index in [1.54, 1.807) is 0 Å². The highest BCUT2D eigenvalue weighted by Gasteiger charge is 2.06. The Morgan fingerprint density at radius 1 is 1.75 bits per heavy atom. The zero-order chi connectivity index (χ0) is 9.40. The summed E-state index contributed by atoms with van der Waals surface area (Å²) in [5.41, 5.74) is 7.97. The summed E-state index contributed by atoms with van der Waals surface area (Å²) in [6, 6.07) is 0. The third-order valence-electron chi connectivity index (χ3n) is 1.45. The van der Waals surface area contributed by atoms with Gasteiger partial charge in [-0.25, -0.2) is 4.79 Å². The summed E-state index contributed by atoms with van der Waals surface area (Å²) in [6.45, 7) is 4.47. The predicted molar refractivity (Wildman–Crippen MR) is 44.7 cm³/mol. The van der Waals surface area contributed by atoms with Crippen LogP contribution in [0.2, 0.25) is 0 Å². The molecule has 68 valence electrons. The smallest absolute Gasteiger partial charge is 0.413 e. The minimum absolute atomic E-state index is 0.367. The summed E-state index contributed by atoms with van der Waals surface area (Å²) in [4.78, 5) is 13.2. The summed E-state index contributed by atoms with van der Waals surface area (Å²) < 4.78 is 4.75. The number of esters is 1. The highest BCUT2D eigenvalue weighted by molar-refractivity contribution is 6.20. The second kappa shape index (κ2) is 6.55. The first-order valence-electron chi connectivity index (χ1n) is 4.04. The minimum Gasteiger partial charge on any atom is -0.457 e. The number of hydrogen-bond donors (Lipinski definition) is 0. The normalized spacial score (nSPS) is 11.5. The van der Waals surface area contributed by atoms with Gasteiger partial charge in [0.25, 0.3) is 0 Å². The molecule has 0 radical (unpaired) electrons. The SMILES string of the molecule is CCCC(C)COC(=O)C=[N+]=[N-]. The summed E-state index contributed by atoms with van der Waals surface area (Å²) in [5, 5.41) is 0. The molecule has 0 rings (SSSR count). The van der Waals surface area contributed by atoms with Crippen molar-refractivity contribution in [2.24, 2.45) is 5.92 Å². The Labute approximate surface area is 72.2 Å². The van der Waals surface area contributed by atoms with E-state index in [1.165, 1.54) is 0 Å². The van der Waals surface area contributed by atoms with Crippen molar-refractivity contribution in [3.8, 4) is 0 Å². The van der Waals surface area contributed by atoms with Crippen LogP contribution in [0.1, 0.15) is 26.7 Å². The molecule has 0 amide bonds. The van der Waals surface area contributed by atoms with Gasteiger partial charge in [0.1, 0.15) is 0 Å². The van der Waals surface area contributed by atoms with Gasteiger partial charge >= 0.3 is 12.2 Å². The Morgan fingerprint density at radius 2 is 2.42 bits per heavy atom. The summed E-state index contributed by atoms with van der Waals surface area (Å²) in [7, 11) is 0. The monoisotopic (exact) mass is 170 g/mol. The van der Waals surface area contributed by atoms with Crippen molar-refractivity contribution in [1.82, 2.24) is 0 Å². The van der Waals surface area contributed by atoms with Gasteiger partial charge in [-0.3, -0.25) is 0 Å². The van der Waals surface area contributed by atoms with E-state index in [-0.39, 0.29) is 0 Å². The molecule has 0 saturated carbocycles. The molecule has 0 aliphatic carbocycles. The second-order valence-corrected chi connectivity index (χ2v) is 2.77. The van der Waals surface area contributed by atoms with Crippen LogP contribution in [0.15, 0.2) is 0 Å². The molecule has 0 aromatic rings. The van der Waals surface area contributed by atoms with Crippen molar-refractivity contribution in [1.29, 1.82) is 0 Å². The highest BCUT2D eigenvalue weighted by atomic mass is 16.5. The zero-order valence-corrected chi connectivity index (χ0v) is 7.49. The minimum atomic E-state index is -0.597. The van der Waals surface area contributed by atoms with Crippen molar-refractivity contribution in [3.63, 3.8) is 0 Å². The van der Waals surface area contributed by atoms with E-state index < -0.39 is 5.97 Å². The Hall–Kier alpha value is -1.15. The van der Waals surface area contributed by atoms with Crippen molar-refractivity contribution in [2.75, 3.05) is 6.61 Å². The fourth-order valence-corrected chi connectivity index (χ4v) is 0.885. The number of carbonyl (C=O) groups is 1. The van der Waals surface area contributed by atoms with E-state index in [9.17, 15) is 4.79 Å². The molecule has 4 nitrogen and oxygen atoms in total. The predicted octanol–water partition coefficient (Wildman–Crippen LogP) is 1.27. The Balaban J connectivity index is 3.53. The summed E-state index contributed by atoms with van der Waals surface area (Å²) in [6.07, 6.45) is 2.86. The molecule has 0 aliphatic rings. The molecule has 0 heterocycles. The van der Waals surface area contributed by atoms with Crippen LogP contribution in [0.5, 0.6) is 0 Å². The molecular weight excluding hydrogens is 156 g/mol. The summed E-state index contributed by atoms with van der Waals surface area (Å²) in [5.74, 6) is -0.230. The fourth-order valence-electron chi connectivity index (χ4n) is 0.885. The van der Waals surface area contributed by atoms with Crippen LogP contribution in [0.4, 0.5) is 0 Å². The maximum Gasteiger partial charge on any atom is 0.413 e. The third-order valence-corrected chi connectivity index (χ3v) is 1.45. The van der Waals surface area contributed by atoms with Gasteiger partial charge in [-0.15, -0.1) is 0 Å². The molecule has 0 aromatic heterocycles. The lowest BCUT2D eigenvalue weighted by molar-refractivity contribution is -0.140. The van der Waals surface area contributed by atoms with Gasteiger partial charge in [-0.2, -0.15) is 4.79 Å². The number of nitrogens with zero attached hydrogens (tertiary/aromatic N) is 2. The lowest BCUT2D eigenvalue weighted by Crippen LogP contribution is -2.12. The molecule has 0 aliphatic heterocycles. The molecule has 12 heavy (non-hydrogen) atoms. The Kier molecular flexibility index (Phi) is 5.93. The Bertz CT molecular complexity index is 185. The first-order valence-corrected chi connectivity index (χ1v) is 4.04. The van der Waals surface area contributed by atoms with Gasteiger partial charge in [0, 0.05) is 0 Å². The molecule has 4 heteroatoms. The number of carbonyl (C=O) groups excluding carboxylic acids is 1. The fraction of sp³-hybridized carbons (Fsp3) is 0.750. The van der Waals surface area contributed by atoms with E-state index >= 15 is 0 Å². The number of ether oxygens (including phenoxy) is 1. The molecule has 0 bridgehead atoms. The highest BCUT2D eigenvalue weighted by Crippen LogP contribution is 2.04. The van der Waals surface area contributed by atoms with Crippen molar-refractivity contribution < 1.29 is 14.3 Å². The Morgan fingerprint density at radius 3 is 2.92 bits per heavy atom. The standard InChI is InChI=1S/C8H14N2O2/c1-3-4-7(2)6-12-8(11)5-10-9/h5,7H,3-4,6H2,1-2H3. The van der Waals surface area contributed by atoms with Crippen LogP contribution in [-0.4, -0.2) is 23.6 Å². The van der Waals surface area contributed by atoms with Crippen LogP contribution in [0, 0.1) is 5.92 Å². The average Bonchev–Trinajstić information content (AvgIpc) is 2.02. The van der Waals surface area contributed by atoms with E-state index in [1.807, 2.05) is 6.92 Å². The molecule has 1 atom stereocenters. The largest absolute Gasteiger partial charge is 0.457 e. The van der Waals surface area contributed by atoms with Crippen LogP contribution < -0.4 is 0 Å². The van der Waals surface area contributed by atoms with Gasteiger partial charge in [0.2, 0.25) is 0 Å². The average molecular weight is 170 g/mol. The van der Waals surface area contributed by atoms with E-state index in [0.29, 0.717) is 12.5 Å². The molecular formula is C8H14N2O2. The van der Waals surface area contributed by atoms with E-state index in [0.717, 1.165) is 19.1 Å². The van der Waals surface area contributed by atoms with Crippen molar-refractivity contribution in [2.45, 2.75) is 26.7 Å².